The molecule has 0 bridgehead atoms. The molecule has 3 rings (SSSR count). The summed E-state index contributed by atoms with van der Waals surface area (Å²) in [5, 5.41) is 5.75. The van der Waals surface area contributed by atoms with Crippen molar-refractivity contribution in [1.29, 1.82) is 0 Å². The molecule has 0 saturated heterocycles. The number of benzene rings is 3. The number of hydrogen-bond donors (Lipinski definition) is 2. The van der Waals surface area contributed by atoms with Crippen LogP contribution < -0.4 is 20.1 Å². The minimum atomic E-state index is -0.160. The number of ether oxygens (including phenoxy) is 2. The third-order valence-electron chi connectivity index (χ3n) is 4.38. The number of hydrogen-bond acceptors (Lipinski definition) is 5. The number of thioether (sulfide) groups is 1. The lowest BCUT2D eigenvalue weighted by molar-refractivity contribution is -0.115. The summed E-state index contributed by atoms with van der Waals surface area (Å²) in [5.41, 5.74) is 2.23. The summed E-state index contributed by atoms with van der Waals surface area (Å²) in [4.78, 5) is 25.5. The van der Waals surface area contributed by atoms with Crippen molar-refractivity contribution >= 4 is 35.0 Å². The number of rotatable bonds is 9. The van der Waals surface area contributed by atoms with Gasteiger partial charge in [-0.2, -0.15) is 0 Å². The molecule has 0 radical (unpaired) electrons. The summed E-state index contributed by atoms with van der Waals surface area (Å²) in [6.07, 6.45) is 0.310. The Kier molecular flexibility index (Phi) is 7.95. The summed E-state index contributed by atoms with van der Waals surface area (Å²) in [6.45, 7) is 0. The Morgan fingerprint density at radius 1 is 0.839 bits per heavy atom. The maximum Gasteiger partial charge on any atom is 0.234 e. The minimum absolute atomic E-state index is 0.0855. The predicted molar refractivity (Wildman–Crippen MR) is 124 cm³/mol. The summed E-state index contributed by atoms with van der Waals surface area (Å²) in [6, 6.07) is 22.2. The molecule has 3 aromatic carbocycles. The van der Waals surface area contributed by atoms with Crippen molar-refractivity contribution in [2.24, 2.45) is 0 Å². The molecule has 6 nitrogen and oxygen atoms in total. The molecule has 0 spiro atoms. The van der Waals surface area contributed by atoms with Crippen LogP contribution >= 0.6 is 11.8 Å². The molecule has 31 heavy (non-hydrogen) atoms. The van der Waals surface area contributed by atoms with Crippen molar-refractivity contribution in [3.63, 3.8) is 0 Å². The van der Waals surface area contributed by atoms with Crippen LogP contribution in [0.25, 0.3) is 0 Å². The Labute approximate surface area is 186 Å². The smallest absolute Gasteiger partial charge is 0.234 e. The van der Waals surface area contributed by atoms with Gasteiger partial charge in [0, 0.05) is 16.6 Å². The first-order chi connectivity index (χ1) is 15.1. The van der Waals surface area contributed by atoms with Gasteiger partial charge in [0.05, 0.1) is 32.1 Å². The van der Waals surface area contributed by atoms with Crippen molar-refractivity contribution < 1.29 is 19.1 Å². The zero-order chi connectivity index (χ0) is 22.1. The summed E-state index contributed by atoms with van der Waals surface area (Å²) < 4.78 is 10.5. The fourth-order valence-corrected chi connectivity index (χ4v) is 3.64. The van der Waals surface area contributed by atoms with E-state index in [1.54, 1.807) is 25.3 Å². The highest BCUT2D eigenvalue weighted by Gasteiger charge is 2.10. The highest BCUT2D eigenvalue weighted by Crippen LogP contribution is 2.29. The van der Waals surface area contributed by atoms with Crippen LogP contribution in [0, 0.1) is 0 Å². The molecule has 0 atom stereocenters. The van der Waals surface area contributed by atoms with Gasteiger partial charge in [0.2, 0.25) is 11.8 Å². The van der Waals surface area contributed by atoms with E-state index >= 15 is 0 Å². The van der Waals surface area contributed by atoms with E-state index in [1.807, 2.05) is 54.6 Å². The molecule has 0 aliphatic rings. The first-order valence-electron chi connectivity index (χ1n) is 9.66. The van der Waals surface area contributed by atoms with Crippen LogP contribution in [0.15, 0.2) is 77.7 Å². The molecule has 0 heterocycles. The van der Waals surface area contributed by atoms with Crippen LogP contribution in [0.5, 0.6) is 11.5 Å². The topological polar surface area (TPSA) is 76.7 Å². The lowest BCUT2D eigenvalue weighted by Gasteiger charge is -2.12. The van der Waals surface area contributed by atoms with Crippen molar-refractivity contribution in [2.75, 3.05) is 30.6 Å². The SMILES string of the molecule is COc1ccc(NC(=O)CSc2cccc(NC(=O)Cc3ccccc3)c2)c(OC)c1. The van der Waals surface area contributed by atoms with Crippen molar-refractivity contribution in [1.82, 2.24) is 0 Å². The lowest BCUT2D eigenvalue weighted by atomic mass is 10.1. The van der Waals surface area contributed by atoms with Gasteiger partial charge in [-0.1, -0.05) is 36.4 Å². The second-order valence-electron chi connectivity index (χ2n) is 6.64. The zero-order valence-electron chi connectivity index (χ0n) is 17.4. The van der Waals surface area contributed by atoms with E-state index in [4.69, 9.17) is 9.47 Å². The summed E-state index contributed by atoms with van der Waals surface area (Å²) in [5.74, 6) is 1.15. The average molecular weight is 437 g/mol. The van der Waals surface area contributed by atoms with E-state index in [2.05, 4.69) is 10.6 Å². The second kappa shape index (κ2) is 11.1. The van der Waals surface area contributed by atoms with Crippen molar-refractivity contribution in [2.45, 2.75) is 11.3 Å². The Morgan fingerprint density at radius 3 is 2.39 bits per heavy atom. The molecule has 0 aliphatic heterocycles. The largest absolute Gasteiger partial charge is 0.497 e. The molecule has 0 aliphatic carbocycles. The standard InChI is InChI=1S/C24H24N2O4S/c1-29-19-11-12-21(22(15-19)30-2)26-24(28)16-31-20-10-6-9-18(14-20)25-23(27)13-17-7-4-3-5-8-17/h3-12,14-15H,13,16H2,1-2H3,(H,25,27)(H,26,28). The maximum atomic E-state index is 12.4. The van der Waals surface area contributed by atoms with Gasteiger partial charge in [0.15, 0.2) is 0 Å². The fourth-order valence-electron chi connectivity index (χ4n) is 2.89. The molecule has 3 aromatic rings. The van der Waals surface area contributed by atoms with E-state index in [0.29, 0.717) is 29.3 Å². The first kappa shape index (κ1) is 22.2. The Bertz CT molecular complexity index is 1040. The van der Waals surface area contributed by atoms with E-state index in [-0.39, 0.29) is 17.6 Å². The van der Waals surface area contributed by atoms with Crippen LogP contribution in [-0.2, 0) is 16.0 Å². The van der Waals surface area contributed by atoms with Crippen LogP contribution in [0.2, 0.25) is 0 Å². The van der Waals surface area contributed by atoms with Crippen molar-refractivity contribution in [3.05, 3.63) is 78.4 Å². The molecule has 0 aromatic heterocycles. The van der Waals surface area contributed by atoms with Gasteiger partial charge in [-0.3, -0.25) is 9.59 Å². The molecule has 0 unspecified atom stereocenters. The van der Waals surface area contributed by atoms with Crippen LogP contribution in [0.3, 0.4) is 0 Å². The molecule has 7 heteroatoms. The van der Waals surface area contributed by atoms with Gasteiger partial charge in [-0.05, 0) is 35.9 Å². The van der Waals surface area contributed by atoms with Crippen LogP contribution in [0.4, 0.5) is 11.4 Å². The molecule has 0 fully saturated rings. The first-order valence-corrected chi connectivity index (χ1v) is 10.6. The van der Waals surface area contributed by atoms with Crippen molar-refractivity contribution in [3.8, 4) is 11.5 Å². The Hall–Kier alpha value is -3.45. The highest BCUT2D eigenvalue weighted by molar-refractivity contribution is 8.00. The quantitative estimate of drug-likeness (QED) is 0.479. The molecular formula is C24H24N2O4S. The number of carbonyl (C=O) groups is 2. The maximum absolute atomic E-state index is 12.4. The van der Waals surface area contributed by atoms with Gasteiger partial charge in [0.25, 0.3) is 0 Å². The molecule has 2 N–H and O–H groups in total. The van der Waals surface area contributed by atoms with E-state index in [0.717, 1.165) is 10.5 Å². The van der Waals surface area contributed by atoms with E-state index < -0.39 is 0 Å². The molecule has 160 valence electrons. The summed E-state index contributed by atoms with van der Waals surface area (Å²) >= 11 is 1.39. The fraction of sp³-hybridized carbons (Fsp3) is 0.167. The van der Waals surface area contributed by atoms with Gasteiger partial charge in [0.1, 0.15) is 11.5 Å². The molecular weight excluding hydrogens is 412 g/mol. The minimum Gasteiger partial charge on any atom is -0.497 e. The number of carbonyl (C=O) groups excluding carboxylic acids is 2. The summed E-state index contributed by atoms with van der Waals surface area (Å²) in [7, 11) is 3.11. The van der Waals surface area contributed by atoms with Gasteiger partial charge >= 0.3 is 0 Å². The van der Waals surface area contributed by atoms with Gasteiger partial charge < -0.3 is 20.1 Å². The van der Waals surface area contributed by atoms with Crippen LogP contribution in [0.1, 0.15) is 5.56 Å². The monoisotopic (exact) mass is 436 g/mol. The second-order valence-corrected chi connectivity index (χ2v) is 7.69. The molecule has 2 amide bonds. The van der Waals surface area contributed by atoms with E-state index in [1.165, 1.54) is 18.9 Å². The third-order valence-corrected chi connectivity index (χ3v) is 5.37. The Balaban J connectivity index is 1.54. The van der Waals surface area contributed by atoms with Gasteiger partial charge in [-0.25, -0.2) is 0 Å². The van der Waals surface area contributed by atoms with Gasteiger partial charge in [-0.15, -0.1) is 11.8 Å². The molecule has 0 saturated carbocycles. The van der Waals surface area contributed by atoms with Crippen LogP contribution in [-0.4, -0.2) is 31.8 Å². The normalized spacial score (nSPS) is 10.3. The lowest BCUT2D eigenvalue weighted by Crippen LogP contribution is -2.15. The predicted octanol–water partition coefficient (Wildman–Crippen LogP) is 4.62. The number of nitrogens with one attached hydrogen (secondary N) is 2. The van der Waals surface area contributed by atoms with E-state index in [9.17, 15) is 9.59 Å². The number of amides is 2. The third kappa shape index (κ3) is 6.79. The highest BCUT2D eigenvalue weighted by atomic mass is 32.2. The number of methoxy groups -OCH3 is 2. The number of anilines is 2. The Morgan fingerprint density at radius 2 is 1.65 bits per heavy atom. The average Bonchev–Trinajstić information content (AvgIpc) is 2.79. The zero-order valence-corrected chi connectivity index (χ0v) is 18.2.